The van der Waals surface area contributed by atoms with Crippen molar-refractivity contribution >= 4 is 47.2 Å². The van der Waals surface area contributed by atoms with Crippen molar-refractivity contribution in [2.24, 2.45) is 10.7 Å². The van der Waals surface area contributed by atoms with Crippen molar-refractivity contribution in [3.8, 4) is 5.75 Å². The number of benzene rings is 1. The van der Waals surface area contributed by atoms with E-state index >= 15 is 0 Å². The number of ether oxygens (including phenoxy) is 3. The zero-order valence-corrected chi connectivity index (χ0v) is 16.2. The molecular weight excluding hydrogens is 433 g/mol. The van der Waals surface area contributed by atoms with Crippen LogP contribution in [-0.4, -0.2) is 45.5 Å². The first-order valence-electron chi connectivity index (χ1n) is 7.29. The van der Waals surface area contributed by atoms with Crippen LogP contribution in [-0.2, 0) is 9.47 Å². The molecule has 1 aliphatic heterocycles. The highest BCUT2D eigenvalue weighted by Crippen LogP contribution is 2.26. The lowest BCUT2D eigenvalue weighted by molar-refractivity contribution is 0.0200. The average Bonchev–Trinajstić information content (AvgIpc) is 3.00. The third-order valence-corrected chi connectivity index (χ3v) is 3.57. The maximum Gasteiger partial charge on any atom is 0.193 e. The van der Waals surface area contributed by atoms with Gasteiger partial charge in [-0.15, -0.1) is 24.0 Å². The molecule has 8 heteroatoms. The van der Waals surface area contributed by atoms with E-state index in [1.54, 1.807) is 19.2 Å². The molecule has 23 heavy (non-hydrogen) atoms. The fourth-order valence-corrected chi connectivity index (χ4v) is 2.41. The second kappa shape index (κ2) is 10.9. The molecule has 0 bridgehead atoms. The van der Waals surface area contributed by atoms with E-state index in [1.165, 1.54) is 0 Å². The van der Waals surface area contributed by atoms with Crippen molar-refractivity contribution in [2.45, 2.75) is 18.9 Å². The van der Waals surface area contributed by atoms with Crippen molar-refractivity contribution in [2.75, 3.05) is 38.8 Å². The Hall–Kier alpha value is -0.770. The quantitative estimate of drug-likeness (QED) is 0.286. The van der Waals surface area contributed by atoms with Crippen molar-refractivity contribution < 1.29 is 14.2 Å². The van der Waals surface area contributed by atoms with Crippen LogP contribution >= 0.6 is 35.6 Å². The number of methoxy groups -OCH3 is 1. The van der Waals surface area contributed by atoms with Gasteiger partial charge in [-0.3, -0.25) is 4.99 Å². The summed E-state index contributed by atoms with van der Waals surface area (Å²) in [4.78, 5) is 4.20. The predicted octanol–water partition coefficient (Wildman–Crippen LogP) is 2.89. The van der Waals surface area contributed by atoms with E-state index < -0.39 is 0 Å². The Labute approximate surface area is 158 Å². The Kier molecular flexibility index (Phi) is 9.61. The number of anilines is 1. The topological polar surface area (TPSA) is 78.1 Å². The van der Waals surface area contributed by atoms with Gasteiger partial charge in [0, 0.05) is 12.3 Å². The van der Waals surface area contributed by atoms with E-state index in [9.17, 15) is 0 Å². The molecule has 3 N–H and O–H groups in total. The minimum atomic E-state index is 0. The summed E-state index contributed by atoms with van der Waals surface area (Å²) in [7, 11) is 1.57. The summed E-state index contributed by atoms with van der Waals surface area (Å²) in [6.07, 6.45) is 2.43. The van der Waals surface area contributed by atoms with Crippen LogP contribution < -0.4 is 15.8 Å². The first kappa shape index (κ1) is 20.3. The van der Waals surface area contributed by atoms with Crippen LogP contribution in [0.2, 0.25) is 5.02 Å². The van der Waals surface area contributed by atoms with Crippen molar-refractivity contribution in [1.29, 1.82) is 0 Å². The van der Waals surface area contributed by atoms with Crippen LogP contribution in [0.5, 0.6) is 5.75 Å². The number of nitrogens with two attached hydrogens (primary N) is 1. The van der Waals surface area contributed by atoms with Crippen molar-refractivity contribution in [3.05, 3.63) is 23.2 Å². The Balaban J connectivity index is 0.00000264. The molecule has 1 heterocycles. The second-order valence-electron chi connectivity index (χ2n) is 4.95. The number of rotatable bonds is 7. The van der Waals surface area contributed by atoms with E-state index in [0.717, 1.165) is 25.1 Å². The smallest absolute Gasteiger partial charge is 0.193 e. The van der Waals surface area contributed by atoms with E-state index in [4.69, 9.17) is 31.5 Å². The zero-order chi connectivity index (χ0) is 15.8. The fourth-order valence-electron chi connectivity index (χ4n) is 2.15. The van der Waals surface area contributed by atoms with Crippen LogP contribution in [0.1, 0.15) is 12.8 Å². The van der Waals surface area contributed by atoms with Crippen molar-refractivity contribution in [3.63, 3.8) is 0 Å². The van der Waals surface area contributed by atoms with Gasteiger partial charge in [0.2, 0.25) is 0 Å². The third kappa shape index (κ3) is 7.11. The molecule has 1 aliphatic rings. The van der Waals surface area contributed by atoms with E-state index in [2.05, 4.69) is 10.3 Å². The van der Waals surface area contributed by atoms with Crippen LogP contribution in [0, 0.1) is 0 Å². The molecule has 1 atom stereocenters. The number of guanidine groups is 1. The Bertz CT molecular complexity index is 511. The zero-order valence-electron chi connectivity index (χ0n) is 13.1. The minimum Gasteiger partial charge on any atom is -0.495 e. The Morgan fingerprint density at radius 2 is 2.35 bits per heavy atom. The molecule has 0 spiro atoms. The van der Waals surface area contributed by atoms with Crippen LogP contribution in [0.15, 0.2) is 23.2 Å². The standard InChI is InChI=1S/C15H22ClN3O3.HI/c1-20-14-5-4-11(9-13(14)16)19-15(17)18-6-8-21-10-12-3-2-7-22-12;/h4-5,9,12H,2-3,6-8,10H2,1H3,(H3,17,18,19);1H. The Morgan fingerprint density at radius 3 is 3.00 bits per heavy atom. The summed E-state index contributed by atoms with van der Waals surface area (Å²) >= 11 is 6.04. The highest BCUT2D eigenvalue weighted by molar-refractivity contribution is 14.0. The lowest BCUT2D eigenvalue weighted by Crippen LogP contribution is -2.23. The summed E-state index contributed by atoms with van der Waals surface area (Å²) in [5.41, 5.74) is 6.57. The maximum atomic E-state index is 6.04. The van der Waals surface area contributed by atoms with Gasteiger partial charge in [-0.25, -0.2) is 0 Å². The molecule has 1 aromatic carbocycles. The molecule has 0 amide bonds. The second-order valence-corrected chi connectivity index (χ2v) is 5.36. The highest BCUT2D eigenvalue weighted by Gasteiger charge is 2.14. The normalized spacial score (nSPS) is 17.7. The molecule has 6 nitrogen and oxygen atoms in total. The molecule has 0 aromatic heterocycles. The van der Waals surface area contributed by atoms with Crippen LogP contribution in [0.25, 0.3) is 0 Å². The molecule has 1 unspecified atom stereocenters. The lowest BCUT2D eigenvalue weighted by Gasteiger charge is -2.10. The van der Waals surface area contributed by atoms with Crippen molar-refractivity contribution in [1.82, 2.24) is 0 Å². The predicted molar refractivity (Wildman–Crippen MR) is 103 cm³/mol. The molecule has 0 aliphatic carbocycles. The molecular formula is C15H23ClIN3O3. The highest BCUT2D eigenvalue weighted by atomic mass is 127. The molecule has 1 fully saturated rings. The van der Waals surface area contributed by atoms with Crippen LogP contribution in [0.4, 0.5) is 5.69 Å². The van der Waals surface area contributed by atoms with Gasteiger partial charge in [-0.05, 0) is 31.0 Å². The summed E-state index contributed by atoms with van der Waals surface area (Å²) in [5.74, 6) is 0.937. The van der Waals surface area contributed by atoms with E-state index in [1.807, 2.05) is 6.07 Å². The van der Waals surface area contributed by atoms with Gasteiger partial charge in [0.25, 0.3) is 0 Å². The molecule has 0 radical (unpaired) electrons. The fraction of sp³-hybridized carbons (Fsp3) is 0.533. The number of hydrogen-bond acceptors (Lipinski definition) is 4. The summed E-state index contributed by atoms with van der Waals surface area (Å²) in [6.45, 7) is 2.48. The SMILES string of the molecule is COc1ccc(NC(N)=NCCOCC2CCCO2)cc1Cl.I. The van der Waals surface area contributed by atoms with Gasteiger partial charge in [0.1, 0.15) is 5.75 Å². The lowest BCUT2D eigenvalue weighted by atomic mass is 10.2. The summed E-state index contributed by atoms with van der Waals surface area (Å²) in [6, 6.07) is 5.32. The number of nitrogens with one attached hydrogen (secondary N) is 1. The molecule has 1 saturated heterocycles. The van der Waals surface area contributed by atoms with Gasteiger partial charge in [-0.1, -0.05) is 11.6 Å². The van der Waals surface area contributed by atoms with Gasteiger partial charge in [0.05, 0.1) is 38.0 Å². The van der Waals surface area contributed by atoms with Crippen LogP contribution in [0.3, 0.4) is 0 Å². The molecule has 2 rings (SSSR count). The van der Waals surface area contributed by atoms with E-state index in [-0.39, 0.29) is 30.1 Å². The monoisotopic (exact) mass is 455 g/mol. The number of halogens is 2. The number of nitrogens with zero attached hydrogens (tertiary/aromatic N) is 1. The largest absolute Gasteiger partial charge is 0.495 e. The van der Waals surface area contributed by atoms with Gasteiger partial charge in [-0.2, -0.15) is 0 Å². The third-order valence-electron chi connectivity index (χ3n) is 3.27. The van der Waals surface area contributed by atoms with Gasteiger partial charge < -0.3 is 25.3 Å². The van der Waals surface area contributed by atoms with E-state index in [0.29, 0.717) is 36.5 Å². The maximum absolute atomic E-state index is 6.04. The number of aliphatic imine (C=N–C) groups is 1. The minimum absolute atomic E-state index is 0. The molecule has 1 aromatic rings. The summed E-state index contributed by atoms with van der Waals surface area (Å²) in [5, 5.41) is 3.49. The molecule has 130 valence electrons. The first-order chi connectivity index (χ1) is 10.7. The Morgan fingerprint density at radius 1 is 1.52 bits per heavy atom. The summed E-state index contributed by atoms with van der Waals surface area (Å²) < 4.78 is 16.1. The molecule has 0 saturated carbocycles. The first-order valence-corrected chi connectivity index (χ1v) is 7.66. The van der Waals surface area contributed by atoms with Gasteiger partial charge in [0.15, 0.2) is 5.96 Å². The number of hydrogen-bond donors (Lipinski definition) is 2. The average molecular weight is 456 g/mol. The van der Waals surface area contributed by atoms with Gasteiger partial charge >= 0.3 is 0 Å².